The number of hydrogen-bond acceptors (Lipinski definition) is 3. The van der Waals surface area contributed by atoms with Crippen LogP contribution in [0.25, 0.3) is 0 Å². The highest BCUT2D eigenvalue weighted by molar-refractivity contribution is 5.75. The molecule has 0 fully saturated rings. The van der Waals surface area contributed by atoms with Gasteiger partial charge in [-0.2, -0.15) is 0 Å². The zero-order valence-electron chi connectivity index (χ0n) is 12.6. The van der Waals surface area contributed by atoms with Crippen LogP contribution in [0.1, 0.15) is 26.2 Å². The van der Waals surface area contributed by atoms with Crippen LogP contribution in [0.15, 0.2) is 30.3 Å². The van der Waals surface area contributed by atoms with E-state index in [1.54, 1.807) is 0 Å². The first-order chi connectivity index (χ1) is 9.63. The molecule has 3 N–H and O–H groups in total. The number of likely N-dealkylation sites (N-methyl/N-ethyl adjacent to an activating group) is 1. The average Bonchev–Trinajstić information content (AvgIpc) is 2.46. The second-order valence-corrected chi connectivity index (χ2v) is 5.33. The van der Waals surface area contributed by atoms with Gasteiger partial charge in [0.25, 0.3) is 0 Å². The quantitative estimate of drug-likeness (QED) is 0.726. The van der Waals surface area contributed by atoms with Gasteiger partial charge in [-0.1, -0.05) is 25.1 Å². The van der Waals surface area contributed by atoms with Crippen LogP contribution in [-0.4, -0.2) is 32.6 Å². The van der Waals surface area contributed by atoms with Crippen LogP contribution in [0.3, 0.4) is 0 Å². The van der Waals surface area contributed by atoms with Crippen molar-refractivity contribution in [1.82, 2.24) is 5.32 Å². The van der Waals surface area contributed by atoms with E-state index < -0.39 is 0 Å². The molecule has 0 aliphatic heterocycles. The smallest absolute Gasteiger partial charge is 0.220 e. The van der Waals surface area contributed by atoms with E-state index in [0.717, 1.165) is 19.4 Å². The maximum atomic E-state index is 11.7. The summed E-state index contributed by atoms with van der Waals surface area (Å²) >= 11 is 0. The van der Waals surface area contributed by atoms with Crippen LogP contribution in [0.5, 0.6) is 0 Å². The lowest BCUT2D eigenvalue weighted by Crippen LogP contribution is -2.33. The zero-order chi connectivity index (χ0) is 14.8. The van der Waals surface area contributed by atoms with Crippen molar-refractivity contribution in [3.05, 3.63) is 30.3 Å². The molecule has 1 rings (SSSR count). The number of carbonyl (C=O) groups excluding carboxylic acids is 1. The minimum absolute atomic E-state index is 0.135. The second-order valence-electron chi connectivity index (χ2n) is 5.33. The Morgan fingerprint density at radius 2 is 2.00 bits per heavy atom. The Balaban J connectivity index is 2.16. The van der Waals surface area contributed by atoms with Gasteiger partial charge in [-0.25, -0.2) is 0 Å². The highest BCUT2D eigenvalue weighted by atomic mass is 16.1. The van der Waals surface area contributed by atoms with Crippen LogP contribution >= 0.6 is 0 Å². The Morgan fingerprint density at radius 3 is 2.65 bits per heavy atom. The van der Waals surface area contributed by atoms with E-state index in [9.17, 15) is 4.79 Å². The Bertz CT molecular complexity index is 381. The van der Waals surface area contributed by atoms with E-state index in [1.165, 1.54) is 5.69 Å². The molecule has 1 amide bonds. The fourth-order valence-electron chi connectivity index (χ4n) is 2.07. The SMILES string of the molecule is CC(CCN)CCC(=O)NCCN(C)c1ccccc1. The molecule has 1 aromatic carbocycles. The molecule has 1 atom stereocenters. The van der Waals surface area contributed by atoms with E-state index in [1.807, 2.05) is 25.2 Å². The molecule has 0 aliphatic rings. The minimum Gasteiger partial charge on any atom is -0.373 e. The van der Waals surface area contributed by atoms with Gasteiger partial charge in [0.2, 0.25) is 5.91 Å². The fourth-order valence-corrected chi connectivity index (χ4v) is 2.07. The standard InChI is InChI=1S/C16H27N3O/c1-14(10-11-17)8-9-16(20)18-12-13-19(2)15-6-4-3-5-7-15/h3-7,14H,8-13,17H2,1-2H3,(H,18,20). The summed E-state index contributed by atoms with van der Waals surface area (Å²) < 4.78 is 0. The van der Waals surface area contributed by atoms with E-state index in [0.29, 0.717) is 25.4 Å². The lowest BCUT2D eigenvalue weighted by molar-refractivity contribution is -0.121. The summed E-state index contributed by atoms with van der Waals surface area (Å²) in [6, 6.07) is 10.2. The van der Waals surface area contributed by atoms with Gasteiger partial charge in [0, 0.05) is 32.2 Å². The number of rotatable bonds is 9. The maximum absolute atomic E-state index is 11.7. The lowest BCUT2D eigenvalue weighted by Gasteiger charge is -2.19. The van der Waals surface area contributed by atoms with Crippen molar-refractivity contribution in [3.8, 4) is 0 Å². The molecular formula is C16H27N3O. The zero-order valence-corrected chi connectivity index (χ0v) is 12.6. The van der Waals surface area contributed by atoms with Gasteiger partial charge in [0.15, 0.2) is 0 Å². The summed E-state index contributed by atoms with van der Waals surface area (Å²) in [6.07, 6.45) is 2.50. The Hall–Kier alpha value is -1.55. The van der Waals surface area contributed by atoms with Crippen molar-refractivity contribution in [2.45, 2.75) is 26.2 Å². The normalized spacial score (nSPS) is 11.9. The van der Waals surface area contributed by atoms with E-state index in [4.69, 9.17) is 5.73 Å². The number of para-hydroxylation sites is 1. The van der Waals surface area contributed by atoms with E-state index in [2.05, 4.69) is 29.3 Å². The third-order valence-corrected chi connectivity index (χ3v) is 3.49. The van der Waals surface area contributed by atoms with Crippen molar-refractivity contribution in [2.75, 3.05) is 31.6 Å². The van der Waals surface area contributed by atoms with Crippen LogP contribution in [0, 0.1) is 5.92 Å². The topological polar surface area (TPSA) is 58.4 Å². The number of carbonyl (C=O) groups is 1. The van der Waals surface area contributed by atoms with Gasteiger partial charge in [-0.15, -0.1) is 0 Å². The first kappa shape index (κ1) is 16.5. The van der Waals surface area contributed by atoms with Crippen LogP contribution in [0.4, 0.5) is 5.69 Å². The third kappa shape index (κ3) is 6.57. The third-order valence-electron chi connectivity index (χ3n) is 3.49. The highest BCUT2D eigenvalue weighted by Gasteiger charge is 2.06. The Labute approximate surface area is 122 Å². The summed E-state index contributed by atoms with van der Waals surface area (Å²) in [7, 11) is 2.03. The van der Waals surface area contributed by atoms with Crippen molar-refractivity contribution >= 4 is 11.6 Å². The number of nitrogens with two attached hydrogens (primary N) is 1. The van der Waals surface area contributed by atoms with Crippen molar-refractivity contribution in [2.24, 2.45) is 11.7 Å². The molecule has 0 aromatic heterocycles. The second kappa shape index (κ2) is 9.37. The lowest BCUT2D eigenvalue weighted by atomic mass is 10.0. The molecular weight excluding hydrogens is 250 g/mol. The van der Waals surface area contributed by atoms with Gasteiger partial charge >= 0.3 is 0 Å². The summed E-state index contributed by atoms with van der Waals surface area (Å²) in [5, 5.41) is 2.97. The molecule has 0 radical (unpaired) electrons. The predicted octanol–water partition coefficient (Wildman–Crippen LogP) is 2.00. The molecule has 20 heavy (non-hydrogen) atoms. The Morgan fingerprint density at radius 1 is 1.30 bits per heavy atom. The first-order valence-electron chi connectivity index (χ1n) is 7.36. The highest BCUT2D eigenvalue weighted by Crippen LogP contribution is 2.10. The van der Waals surface area contributed by atoms with Gasteiger partial charge in [0.1, 0.15) is 0 Å². The number of anilines is 1. The molecule has 112 valence electrons. The summed E-state index contributed by atoms with van der Waals surface area (Å²) in [5.74, 6) is 0.660. The molecule has 0 bridgehead atoms. The largest absolute Gasteiger partial charge is 0.373 e. The number of nitrogens with zero attached hydrogens (tertiary/aromatic N) is 1. The molecule has 4 nitrogen and oxygen atoms in total. The molecule has 0 aliphatic carbocycles. The molecule has 1 unspecified atom stereocenters. The number of nitrogens with one attached hydrogen (secondary N) is 1. The average molecular weight is 277 g/mol. The van der Waals surface area contributed by atoms with Crippen molar-refractivity contribution in [1.29, 1.82) is 0 Å². The molecule has 0 spiro atoms. The summed E-state index contributed by atoms with van der Waals surface area (Å²) in [6.45, 7) is 4.33. The summed E-state index contributed by atoms with van der Waals surface area (Å²) in [4.78, 5) is 13.8. The van der Waals surface area contributed by atoms with E-state index >= 15 is 0 Å². The molecule has 0 heterocycles. The summed E-state index contributed by atoms with van der Waals surface area (Å²) in [5.41, 5.74) is 6.66. The van der Waals surface area contributed by atoms with Crippen LogP contribution in [-0.2, 0) is 4.79 Å². The predicted molar refractivity (Wildman–Crippen MR) is 84.8 cm³/mol. The van der Waals surface area contributed by atoms with Gasteiger partial charge in [0.05, 0.1) is 0 Å². The van der Waals surface area contributed by atoms with Crippen molar-refractivity contribution in [3.63, 3.8) is 0 Å². The van der Waals surface area contributed by atoms with Crippen LogP contribution < -0.4 is 16.0 Å². The van der Waals surface area contributed by atoms with Gasteiger partial charge in [-0.3, -0.25) is 4.79 Å². The monoisotopic (exact) mass is 277 g/mol. The number of hydrogen-bond donors (Lipinski definition) is 2. The maximum Gasteiger partial charge on any atom is 0.220 e. The van der Waals surface area contributed by atoms with Gasteiger partial charge < -0.3 is 16.0 Å². The minimum atomic E-state index is 0.135. The molecule has 0 saturated carbocycles. The fraction of sp³-hybridized carbons (Fsp3) is 0.562. The van der Waals surface area contributed by atoms with E-state index in [-0.39, 0.29) is 5.91 Å². The molecule has 0 saturated heterocycles. The van der Waals surface area contributed by atoms with Crippen molar-refractivity contribution < 1.29 is 4.79 Å². The number of amides is 1. The van der Waals surface area contributed by atoms with Gasteiger partial charge in [-0.05, 0) is 37.4 Å². The molecule has 1 aromatic rings. The molecule has 4 heteroatoms. The number of benzene rings is 1. The Kier molecular flexibility index (Phi) is 7.73. The first-order valence-corrected chi connectivity index (χ1v) is 7.36. The van der Waals surface area contributed by atoms with Crippen LogP contribution in [0.2, 0.25) is 0 Å².